The molecule has 7 aromatic carbocycles. The van der Waals surface area contributed by atoms with E-state index in [0.717, 1.165) is 22.4 Å². The monoisotopic (exact) mass is 630 g/mol. The van der Waals surface area contributed by atoms with Crippen LogP contribution >= 0.6 is 11.8 Å². The summed E-state index contributed by atoms with van der Waals surface area (Å²) in [5, 5.41) is 5.28. The number of benzene rings is 7. The summed E-state index contributed by atoms with van der Waals surface area (Å²) in [5.41, 5.74) is 8.89. The molecule has 0 radical (unpaired) electrons. The average molecular weight is 631 g/mol. The van der Waals surface area contributed by atoms with Gasteiger partial charge in [0.1, 0.15) is 0 Å². The molecule has 0 amide bonds. The van der Waals surface area contributed by atoms with Crippen molar-refractivity contribution in [1.29, 1.82) is 0 Å². The third-order valence-electron chi connectivity index (χ3n) is 9.25. The third kappa shape index (κ3) is 4.21. The van der Waals surface area contributed by atoms with Gasteiger partial charge in [0.05, 0.1) is 11.0 Å². The number of rotatable bonds is 5. The molecule has 0 N–H and O–H groups in total. The van der Waals surface area contributed by atoms with Gasteiger partial charge in [-0.2, -0.15) is 0 Å². The van der Waals surface area contributed by atoms with Gasteiger partial charge in [0.15, 0.2) is 17.5 Å². The Morgan fingerprint density at radius 2 is 0.917 bits per heavy atom. The topological polar surface area (TPSA) is 43.6 Å². The van der Waals surface area contributed by atoms with Gasteiger partial charge in [-0.3, -0.25) is 0 Å². The SMILES string of the molecule is c1ccc(-c2nc(-c3ccccc3)nc(-c3ccc(-n4c5cccc6c5c5c7c(ccc(-c8ccccc8)c7ccc54)S6)cc3)n2)cc1. The van der Waals surface area contributed by atoms with E-state index in [1.807, 2.05) is 72.4 Å². The Hall–Kier alpha value is -6.04. The second-order valence-corrected chi connectivity index (χ2v) is 13.1. The molecule has 0 bridgehead atoms. The molecule has 224 valence electrons. The van der Waals surface area contributed by atoms with Gasteiger partial charge in [-0.15, -0.1) is 0 Å². The van der Waals surface area contributed by atoms with E-state index >= 15 is 0 Å². The van der Waals surface area contributed by atoms with Crippen LogP contribution in [0.1, 0.15) is 0 Å². The van der Waals surface area contributed by atoms with Crippen molar-refractivity contribution in [3.63, 3.8) is 0 Å². The van der Waals surface area contributed by atoms with E-state index < -0.39 is 0 Å². The zero-order chi connectivity index (χ0) is 31.6. The molecule has 0 spiro atoms. The highest BCUT2D eigenvalue weighted by Crippen LogP contribution is 2.51. The quantitative estimate of drug-likeness (QED) is 0.190. The van der Waals surface area contributed by atoms with Gasteiger partial charge in [-0.1, -0.05) is 121 Å². The van der Waals surface area contributed by atoms with Crippen molar-refractivity contribution in [2.75, 3.05) is 0 Å². The average Bonchev–Trinajstić information content (AvgIpc) is 3.51. The minimum atomic E-state index is 0.650. The molecule has 3 heterocycles. The Labute approximate surface area is 281 Å². The van der Waals surface area contributed by atoms with E-state index in [4.69, 9.17) is 15.0 Å². The maximum atomic E-state index is 4.95. The molecule has 4 nitrogen and oxygen atoms in total. The van der Waals surface area contributed by atoms with E-state index in [9.17, 15) is 0 Å². The molecule has 1 aliphatic heterocycles. The molecular formula is C43H26N4S. The second-order valence-electron chi connectivity index (χ2n) is 12.0. The highest BCUT2D eigenvalue weighted by molar-refractivity contribution is 8.00. The summed E-state index contributed by atoms with van der Waals surface area (Å²) in [6.07, 6.45) is 0. The first-order valence-electron chi connectivity index (χ1n) is 16.0. The first-order chi connectivity index (χ1) is 23.8. The summed E-state index contributed by atoms with van der Waals surface area (Å²) in [6, 6.07) is 55.4. The smallest absolute Gasteiger partial charge is 0.164 e. The van der Waals surface area contributed by atoms with Crippen molar-refractivity contribution in [1.82, 2.24) is 19.5 Å². The lowest BCUT2D eigenvalue weighted by Gasteiger charge is -2.17. The van der Waals surface area contributed by atoms with Gasteiger partial charge in [-0.05, 0) is 65.0 Å². The van der Waals surface area contributed by atoms with Crippen LogP contribution in [0, 0.1) is 0 Å². The third-order valence-corrected chi connectivity index (χ3v) is 10.4. The highest BCUT2D eigenvalue weighted by atomic mass is 32.2. The van der Waals surface area contributed by atoms with E-state index in [1.54, 1.807) is 0 Å². The normalized spacial score (nSPS) is 12.1. The van der Waals surface area contributed by atoms with Crippen molar-refractivity contribution in [3.05, 3.63) is 158 Å². The van der Waals surface area contributed by atoms with Crippen LogP contribution in [0.4, 0.5) is 0 Å². The Morgan fingerprint density at radius 1 is 0.375 bits per heavy atom. The summed E-state index contributed by atoms with van der Waals surface area (Å²) in [5.74, 6) is 1.97. The molecule has 0 saturated heterocycles. The van der Waals surface area contributed by atoms with Crippen LogP contribution in [0.25, 0.3) is 83.6 Å². The van der Waals surface area contributed by atoms with Gasteiger partial charge < -0.3 is 4.57 Å². The van der Waals surface area contributed by atoms with Crippen molar-refractivity contribution in [3.8, 4) is 51.0 Å². The zero-order valence-corrected chi connectivity index (χ0v) is 26.5. The molecule has 0 fully saturated rings. The number of aromatic nitrogens is 4. The van der Waals surface area contributed by atoms with E-state index in [-0.39, 0.29) is 0 Å². The lowest BCUT2D eigenvalue weighted by atomic mass is 9.95. The molecule has 2 aromatic heterocycles. The molecule has 5 heteroatoms. The molecule has 0 atom stereocenters. The first kappa shape index (κ1) is 27.1. The predicted octanol–water partition coefficient (Wildman–Crippen LogP) is 11.3. The van der Waals surface area contributed by atoms with Crippen molar-refractivity contribution in [2.24, 2.45) is 0 Å². The van der Waals surface area contributed by atoms with Gasteiger partial charge in [0, 0.05) is 48.3 Å². The molecule has 1 aliphatic rings. The molecular weight excluding hydrogens is 605 g/mol. The maximum absolute atomic E-state index is 4.95. The van der Waals surface area contributed by atoms with Crippen LogP contribution < -0.4 is 0 Å². The van der Waals surface area contributed by atoms with Crippen molar-refractivity contribution in [2.45, 2.75) is 9.79 Å². The number of nitrogens with zero attached hydrogens (tertiary/aromatic N) is 4. The summed E-state index contributed by atoms with van der Waals surface area (Å²) >= 11 is 1.87. The fraction of sp³-hybridized carbons (Fsp3) is 0. The van der Waals surface area contributed by atoms with Crippen LogP contribution in [0.3, 0.4) is 0 Å². The van der Waals surface area contributed by atoms with E-state index in [0.29, 0.717) is 17.5 Å². The largest absolute Gasteiger partial charge is 0.309 e. The molecule has 48 heavy (non-hydrogen) atoms. The molecule has 10 rings (SSSR count). The molecule has 0 aliphatic carbocycles. The van der Waals surface area contributed by atoms with Gasteiger partial charge >= 0.3 is 0 Å². The summed E-state index contributed by atoms with van der Waals surface area (Å²) < 4.78 is 2.40. The minimum absolute atomic E-state index is 0.650. The predicted molar refractivity (Wildman–Crippen MR) is 198 cm³/mol. The van der Waals surface area contributed by atoms with Crippen LogP contribution in [-0.4, -0.2) is 19.5 Å². The maximum Gasteiger partial charge on any atom is 0.164 e. The molecule has 0 unspecified atom stereocenters. The lowest BCUT2D eigenvalue weighted by Crippen LogP contribution is -2.00. The summed E-state index contributed by atoms with van der Waals surface area (Å²) in [7, 11) is 0. The van der Waals surface area contributed by atoms with Crippen LogP contribution in [-0.2, 0) is 0 Å². The van der Waals surface area contributed by atoms with Gasteiger partial charge in [-0.25, -0.2) is 15.0 Å². The van der Waals surface area contributed by atoms with Gasteiger partial charge in [0.25, 0.3) is 0 Å². The number of hydrogen-bond donors (Lipinski definition) is 0. The van der Waals surface area contributed by atoms with Gasteiger partial charge in [0.2, 0.25) is 0 Å². The highest BCUT2D eigenvalue weighted by Gasteiger charge is 2.24. The zero-order valence-electron chi connectivity index (χ0n) is 25.7. The standard InChI is InChI=1S/C43H26N4S/c1-4-11-27(12-5-1)32-24-26-37-38-33(32)23-25-35-40(38)39-34(17-10-18-36(39)48-37)47(35)31-21-19-30(20-22-31)43-45-41(28-13-6-2-7-14-28)44-42(46-43)29-15-8-3-9-16-29/h1-26H. The Morgan fingerprint density at radius 3 is 1.54 bits per heavy atom. The van der Waals surface area contributed by atoms with E-state index in [1.165, 1.54) is 53.5 Å². The Kier molecular flexibility index (Phi) is 6.08. The van der Waals surface area contributed by atoms with Crippen molar-refractivity contribution >= 4 is 44.3 Å². The molecule has 9 aromatic rings. The number of hydrogen-bond acceptors (Lipinski definition) is 4. The lowest BCUT2D eigenvalue weighted by molar-refractivity contribution is 1.07. The van der Waals surface area contributed by atoms with Crippen molar-refractivity contribution < 1.29 is 0 Å². The van der Waals surface area contributed by atoms with Crippen LogP contribution in [0.15, 0.2) is 168 Å². The molecule has 0 saturated carbocycles. The Balaban J connectivity index is 1.15. The summed E-state index contributed by atoms with van der Waals surface area (Å²) in [6.45, 7) is 0. The second kappa shape index (κ2) is 10.8. The first-order valence-corrected chi connectivity index (χ1v) is 16.9. The van der Waals surface area contributed by atoms with Crippen LogP contribution in [0.5, 0.6) is 0 Å². The van der Waals surface area contributed by atoms with Crippen LogP contribution in [0.2, 0.25) is 0 Å². The minimum Gasteiger partial charge on any atom is -0.309 e. The fourth-order valence-corrected chi connectivity index (χ4v) is 8.21. The summed E-state index contributed by atoms with van der Waals surface area (Å²) in [4.78, 5) is 17.4. The van der Waals surface area contributed by atoms with E-state index in [2.05, 4.69) is 102 Å². The fourth-order valence-electron chi connectivity index (χ4n) is 7.06. The Bertz CT molecular complexity index is 2610.